The van der Waals surface area contributed by atoms with Gasteiger partial charge in [0.2, 0.25) is 5.90 Å². The summed E-state index contributed by atoms with van der Waals surface area (Å²) in [5.41, 5.74) is 2.12. The van der Waals surface area contributed by atoms with E-state index >= 15 is 0 Å². The lowest BCUT2D eigenvalue weighted by Gasteiger charge is -2.14. The van der Waals surface area contributed by atoms with Crippen LogP contribution in [0.2, 0.25) is 0 Å². The number of esters is 1. The molecular weight excluding hydrogens is 545 g/mol. The number of nitrogens with zero attached hydrogens (tertiary/aromatic N) is 1. The van der Waals surface area contributed by atoms with Gasteiger partial charge in [0.15, 0.2) is 17.2 Å². The number of benzene rings is 3. The van der Waals surface area contributed by atoms with Crippen molar-refractivity contribution in [2.75, 3.05) is 7.11 Å². The van der Waals surface area contributed by atoms with Crippen LogP contribution in [-0.4, -0.2) is 19.0 Å². The molecule has 1 aliphatic heterocycles. The number of cyclic esters (lactones) is 1. The van der Waals surface area contributed by atoms with Crippen LogP contribution in [0.25, 0.3) is 6.08 Å². The summed E-state index contributed by atoms with van der Waals surface area (Å²) in [4.78, 5) is 16.5. The van der Waals surface area contributed by atoms with E-state index in [1.807, 2.05) is 24.3 Å². The quantitative estimate of drug-likeness (QED) is 0.263. The zero-order chi connectivity index (χ0) is 22.7. The largest absolute Gasteiger partial charge is 0.493 e. The maximum absolute atomic E-state index is 13.5. The lowest BCUT2D eigenvalue weighted by atomic mass is 10.1. The topological polar surface area (TPSA) is 57.1 Å². The number of carbonyl (C=O) groups excluding carboxylic acids is 1. The van der Waals surface area contributed by atoms with E-state index in [-0.39, 0.29) is 11.6 Å². The zero-order valence-electron chi connectivity index (χ0n) is 16.8. The molecule has 0 N–H and O–H groups in total. The van der Waals surface area contributed by atoms with Crippen LogP contribution >= 0.6 is 31.9 Å². The number of hydrogen-bond acceptors (Lipinski definition) is 5. The smallest absolute Gasteiger partial charge is 0.363 e. The van der Waals surface area contributed by atoms with Crippen molar-refractivity contribution in [2.24, 2.45) is 4.99 Å². The van der Waals surface area contributed by atoms with Crippen molar-refractivity contribution in [1.29, 1.82) is 0 Å². The van der Waals surface area contributed by atoms with Crippen LogP contribution in [-0.2, 0) is 16.1 Å². The minimum Gasteiger partial charge on any atom is -0.493 e. The SMILES string of the molecule is COc1cc(/C=C2\N=C(c3cccc(F)c3)OC2=O)cc(Br)c1OCc1ccccc1Br. The molecule has 0 atom stereocenters. The molecule has 1 heterocycles. The Bertz CT molecular complexity index is 1260. The number of halogens is 3. The Morgan fingerprint density at radius 1 is 1.06 bits per heavy atom. The summed E-state index contributed by atoms with van der Waals surface area (Å²) in [6.07, 6.45) is 1.57. The van der Waals surface area contributed by atoms with Gasteiger partial charge in [-0.05, 0) is 64.0 Å². The Labute approximate surface area is 200 Å². The van der Waals surface area contributed by atoms with Gasteiger partial charge < -0.3 is 14.2 Å². The number of aliphatic imine (C=N–C) groups is 1. The second-order valence-corrected chi connectivity index (χ2v) is 8.47. The Morgan fingerprint density at radius 2 is 1.88 bits per heavy atom. The highest BCUT2D eigenvalue weighted by atomic mass is 79.9. The highest BCUT2D eigenvalue weighted by Crippen LogP contribution is 2.38. The molecular formula is C24H16Br2FNO4. The summed E-state index contributed by atoms with van der Waals surface area (Å²) < 4.78 is 31.7. The summed E-state index contributed by atoms with van der Waals surface area (Å²) >= 11 is 7.02. The third kappa shape index (κ3) is 4.92. The van der Waals surface area contributed by atoms with Crippen molar-refractivity contribution < 1.29 is 23.4 Å². The van der Waals surface area contributed by atoms with Gasteiger partial charge in [0.05, 0.1) is 11.6 Å². The molecule has 8 heteroatoms. The van der Waals surface area contributed by atoms with Gasteiger partial charge in [0.25, 0.3) is 0 Å². The van der Waals surface area contributed by atoms with Gasteiger partial charge in [-0.25, -0.2) is 14.2 Å². The van der Waals surface area contributed by atoms with Crippen LogP contribution in [0.3, 0.4) is 0 Å². The molecule has 0 amide bonds. The molecule has 0 radical (unpaired) electrons. The van der Waals surface area contributed by atoms with Crippen molar-refractivity contribution in [3.8, 4) is 11.5 Å². The van der Waals surface area contributed by atoms with Gasteiger partial charge >= 0.3 is 5.97 Å². The number of hydrogen-bond donors (Lipinski definition) is 0. The fourth-order valence-corrected chi connectivity index (χ4v) is 4.01. The van der Waals surface area contributed by atoms with E-state index in [2.05, 4.69) is 36.9 Å². The van der Waals surface area contributed by atoms with Gasteiger partial charge in [-0.1, -0.05) is 40.2 Å². The van der Waals surface area contributed by atoms with Crippen LogP contribution in [0.5, 0.6) is 11.5 Å². The maximum atomic E-state index is 13.5. The fraction of sp³-hybridized carbons (Fsp3) is 0.0833. The monoisotopic (exact) mass is 559 g/mol. The first-order chi connectivity index (χ1) is 15.4. The average molecular weight is 561 g/mol. The van der Waals surface area contributed by atoms with E-state index in [1.54, 1.807) is 24.3 Å². The lowest BCUT2D eigenvalue weighted by Crippen LogP contribution is -2.05. The summed E-state index contributed by atoms with van der Waals surface area (Å²) in [6.45, 7) is 0.338. The molecule has 0 saturated heterocycles. The molecule has 0 unspecified atom stereocenters. The highest BCUT2D eigenvalue weighted by molar-refractivity contribution is 9.10. The first kappa shape index (κ1) is 22.2. The Balaban J connectivity index is 1.60. The van der Waals surface area contributed by atoms with Gasteiger partial charge in [-0.15, -0.1) is 0 Å². The van der Waals surface area contributed by atoms with Gasteiger partial charge in [0, 0.05) is 15.6 Å². The molecule has 32 heavy (non-hydrogen) atoms. The van der Waals surface area contributed by atoms with Crippen molar-refractivity contribution in [3.63, 3.8) is 0 Å². The minimum atomic E-state index is -0.617. The van der Waals surface area contributed by atoms with Crippen LogP contribution < -0.4 is 9.47 Å². The van der Waals surface area contributed by atoms with Crippen LogP contribution in [0, 0.1) is 5.82 Å². The molecule has 3 aromatic rings. The van der Waals surface area contributed by atoms with E-state index in [0.29, 0.717) is 33.7 Å². The molecule has 1 aliphatic rings. The van der Waals surface area contributed by atoms with Gasteiger partial charge in [-0.3, -0.25) is 0 Å². The number of rotatable bonds is 6. The summed E-state index contributed by atoms with van der Waals surface area (Å²) in [5.74, 6) is 0.0153. The number of methoxy groups -OCH3 is 1. The van der Waals surface area contributed by atoms with Crippen molar-refractivity contribution in [3.05, 3.63) is 97.8 Å². The Morgan fingerprint density at radius 3 is 2.62 bits per heavy atom. The fourth-order valence-electron chi connectivity index (χ4n) is 3.04. The van der Waals surface area contributed by atoms with Crippen LogP contribution in [0.15, 0.2) is 80.3 Å². The second-order valence-electron chi connectivity index (χ2n) is 6.76. The zero-order valence-corrected chi connectivity index (χ0v) is 19.9. The molecule has 4 rings (SSSR count). The molecule has 0 bridgehead atoms. The summed E-state index contributed by atoms with van der Waals surface area (Å²) in [5, 5.41) is 0. The molecule has 0 saturated carbocycles. The van der Waals surface area contributed by atoms with E-state index < -0.39 is 11.8 Å². The summed E-state index contributed by atoms with van der Waals surface area (Å²) in [6, 6.07) is 17.0. The van der Waals surface area contributed by atoms with Crippen molar-refractivity contribution in [2.45, 2.75) is 6.61 Å². The third-order valence-corrected chi connectivity index (χ3v) is 5.94. The normalized spacial score (nSPS) is 14.3. The van der Waals surface area contributed by atoms with Crippen LogP contribution in [0.4, 0.5) is 4.39 Å². The number of carbonyl (C=O) groups is 1. The molecule has 0 aromatic heterocycles. The predicted octanol–water partition coefficient (Wildman–Crippen LogP) is 6.28. The Hall–Kier alpha value is -2.97. The first-order valence-electron chi connectivity index (χ1n) is 9.47. The van der Waals surface area contributed by atoms with Gasteiger partial charge in [-0.2, -0.15) is 0 Å². The number of ether oxygens (including phenoxy) is 3. The second kappa shape index (κ2) is 9.67. The van der Waals surface area contributed by atoms with E-state index in [1.165, 1.54) is 25.3 Å². The molecule has 5 nitrogen and oxygen atoms in total. The highest BCUT2D eigenvalue weighted by Gasteiger charge is 2.25. The average Bonchev–Trinajstić information content (AvgIpc) is 3.14. The predicted molar refractivity (Wildman–Crippen MR) is 126 cm³/mol. The van der Waals surface area contributed by atoms with E-state index in [0.717, 1.165) is 10.0 Å². The molecule has 0 spiro atoms. The van der Waals surface area contributed by atoms with Crippen molar-refractivity contribution >= 4 is 49.8 Å². The first-order valence-corrected chi connectivity index (χ1v) is 11.1. The van der Waals surface area contributed by atoms with E-state index in [9.17, 15) is 9.18 Å². The van der Waals surface area contributed by atoms with Gasteiger partial charge in [0.1, 0.15) is 12.4 Å². The maximum Gasteiger partial charge on any atom is 0.363 e. The standard InChI is InChI=1S/C24H16Br2FNO4/c1-30-21-11-14(9-19(26)22(21)31-13-16-5-2-3-8-18(16)25)10-20-24(29)32-23(28-20)15-6-4-7-17(27)12-15/h2-12H,13H2,1H3/b20-10-. The molecule has 0 aliphatic carbocycles. The third-order valence-electron chi connectivity index (χ3n) is 4.58. The van der Waals surface area contributed by atoms with E-state index in [4.69, 9.17) is 14.2 Å². The minimum absolute atomic E-state index is 0.0557. The molecule has 3 aromatic carbocycles. The molecule has 0 fully saturated rings. The van der Waals surface area contributed by atoms with Crippen molar-refractivity contribution in [1.82, 2.24) is 0 Å². The molecule has 162 valence electrons. The van der Waals surface area contributed by atoms with Crippen LogP contribution in [0.1, 0.15) is 16.7 Å². The summed E-state index contributed by atoms with van der Waals surface area (Å²) in [7, 11) is 1.54. The lowest BCUT2D eigenvalue weighted by molar-refractivity contribution is -0.129. The Kier molecular flexibility index (Phi) is 6.72.